The van der Waals surface area contributed by atoms with Gasteiger partial charge in [-0.3, -0.25) is 0 Å². The Balaban J connectivity index is 1.87. The van der Waals surface area contributed by atoms with Crippen molar-refractivity contribution in [1.29, 1.82) is 0 Å². The molecule has 0 spiro atoms. The first-order chi connectivity index (χ1) is 11.5. The van der Waals surface area contributed by atoms with E-state index in [1.54, 1.807) is 0 Å². The molecule has 126 valence electrons. The zero-order chi connectivity index (χ0) is 17.3. The Bertz CT molecular complexity index is 772. The number of hydrogen-bond donors (Lipinski definition) is 0. The molecule has 1 atom stereocenters. The molecule has 3 heteroatoms. The van der Waals surface area contributed by atoms with E-state index in [9.17, 15) is 13.2 Å². The summed E-state index contributed by atoms with van der Waals surface area (Å²) in [7, 11) is 0. The molecule has 1 aliphatic rings. The van der Waals surface area contributed by atoms with Crippen LogP contribution < -0.4 is 0 Å². The molecular weight excluding hydrogens is 309 g/mol. The van der Waals surface area contributed by atoms with Crippen LogP contribution >= 0.6 is 0 Å². The lowest BCUT2D eigenvalue weighted by atomic mass is 9.78. The normalized spacial score (nSPS) is 18.1. The van der Waals surface area contributed by atoms with Crippen molar-refractivity contribution in [3.63, 3.8) is 0 Å². The smallest absolute Gasteiger partial charge is 0.195 e. The van der Waals surface area contributed by atoms with Gasteiger partial charge in [-0.25, -0.2) is 13.2 Å². The highest BCUT2D eigenvalue weighted by atomic mass is 19.2. The minimum absolute atomic E-state index is 0.200. The summed E-state index contributed by atoms with van der Waals surface area (Å²) in [6.45, 7) is 4.09. The van der Waals surface area contributed by atoms with Crippen molar-refractivity contribution in [1.82, 2.24) is 0 Å². The van der Waals surface area contributed by atoms with E-state index in [0.29, 0.717) is 12.3 Å². The number of aryl methyl sites for hydroxylation is 1. The summed E-state index contributed by atoms with van der Waals surface area (Å²) in [6.07, 6.45) is 3.40. The van der Waals surface area contributed by atoms with Crippen LogP contribution in [0.15, 0.2) is 42.0 Å². The zero-order valence-corrected chi connectivity index (χ0v) is 14.0. The number of hydrogen-bond acceptors (Lipinski definition) is 0. The minimum atomic E-state index is -1.38. The Kier molecular flexibility index (Phi) is 4.79. The van der Waals surface area contributed by atoms with E-state index in [1.807, 2.05) is 6.92 Å². The molecule has 0 N–H and O–H groups in total. The summed E-state index contributed by atoms with van der Waals surface area (Å²) < 4.78 is 40.7. The van der Waals surface area contributed by atoms with Crippen LogP contribution in [0.2, 0.25) is 0 Å². The summed E-state index contributed by atoms with van der Waals surface area (Å²) in [5, 5.41) is 0. The van der Waals surface area contributed by atoms with Crippen molar-refractivity contribution in [2.45, 2.75) is 45.4 Å². The first kappa shape index (κ1) is 16.8. The molecule has 0 heterocycles. The third kappa shape index (κ3) is 3.12. The quantitative estimate of drug-likeness (QED) is 0.571. The van der Waals surface area contributed by atoms with Crippen LogP contribution in [-0.2, 0) is 6.42 Å². The maximum atomic E-state index is 14.1. The molecular formula is C21H21F3. The van der Waals surface area contributed by atoms with Crippen LogP contribution in [0.4, 0.5) is 13.2 Å². The van der Waals surface area contributed by atoms with Crippen LogP contribution in [-0.4, -0.2) is 0 Å². The maximum Gasteiger partial charge on any atom is 0.195 e. The average Bonchev–Trinajstić information content (AvgIpc) is 2.60. The van der Waals surface area contributed by atoms with Crippen LogP contribution in [0.3, 0.4) is 0 Å². The van der Waals surface area contributed by atoms with Crippen LogP contribution in [0, 0.1) is 17.5 Å². The Morgan fingerprint density at radius 2 is 1.67 bits per heavy atom. The van der Waals surface area contributed by atoms with E-state index in [-0.39, 0.29) is 5.56 Å². The maximum absolute atomic E-state index is 14.1. The van der Waals surface area contributed by atoms with E-state index >= 15 is 0 Å². The Labute approximate surface area is 141 Å². The lowest BCUT2D eigenvalue weighted by Gasteiger charge is -2.27. The van der Waals surface area contributed by atoms with Crippen molar-refractivity contribution in [3.8, 4) is 0 Å². The van der Waals surface area contributed by atoms with Crippen molar-refractivity contribution in [2.24, 2.45) is 0 Å². The third-order valence-electron chi connectivity index (χ3n) is 5.03. The van der Waals surface area contributed by atoms with Crippen molar-refractivity contribution >= 4 is 5.57 Å². The van der Waals surface area contributed by atoms with Gasteiger partial charge >= 0.3 is 0 Å². The molecule has 1 aliphatic carbocycles. The van der Waals surface area contributed by atoms with Gasteiger partial charge in [0.25, 0.3) is 0 Å². The number of rotatable bonds is 3. The van der Waals surface area contributed by atoms with Crippen molar-refractivity contribution in [3.05, 3.63) is 76.1 Å². The van der Waals surface area contributed by atoms with E-state index < -0.39 is 17.5 Å². The lowest BCUT2D eigenvalue weighted by molar-refractivity contribution is 0.445. The summed E-state index contributed by atoms with van der Waals surface area (Å²) in [6, 6.07) is 11.0. The van der Waals surface area contributed by atoms with Gasteiger partial charge in [0.05, 0.1) is 0 Å². The highest BCUT2D eigenvalue weighted by Crippen LogP contribution is 2.41. The number of benzene rings is 2. The topological polar surface area (TPSA) is 0 Å². The lowest BCUT2D eigenvalue weighted by Crippen LogP contribution is -2.09. The highest BCUT2D eigenvalue weighted by molar-refractivity contribution is 5.70. The molecule has 2 aromatic carbocycles. The molecule has 0 bridgehead atoms. The predicted molar refractivity (Wildman–Crippen MR) is 91.3 cm³/mol. The first-order valence-corrected chi connectivity index (χ1v) is 8.42. The predicted octanol–water partition coefficient (Wildman–Crippen LogP) is 6.41. The Hall–Kier alpha value is -2.03. The van der Waals surface area contributed by atoms with E-state index in [4.69, 9.17) is 0 Å². The fourth-order valence-electron chi connectivity index (χ4n) is 3.56. The van der Waals surface area contributed by atoms with Gasteiger partial charge in [-0.2, -0.15) is 0 Å². The van der Waals surface area contributed by atoms with Gasteiger partial charge in [-0.1, -0.05) is 36.8 Å². The SMILES string of the molecule is CCc1ccc(C2CCC(c3ccc(F)c(F)c3F)=C(C)C2)cc1. The minimum Gasteiger partial charge on any atom is -0.204 e. The molecule has 0 fully saturated rings. The highest BCUT2D eigenvalue weighted by Gasteiger charge is 2.24. The standard InChI is InChI=1S/C21H21F3/c1-3-14-4-6-15(7-5-14)16-8-9-17(13(2)12-16)18-10-11-19(22)21(24)20(18)23/h4-7,10-11,16H,3,8-9,12H2,1-2H3. The van der Waals surface area contributed by atoms with Gasteiger partial charge in [-0.05, 0) is 67.4 Å². The number of allylic oxidation sites excluding steroid dienone is 2. The van der Waals surface area contributed by atoms with Gasteiger partial charge < -0.3 is 0 Å². The van der Waals surface area contributed by atoms with Crippen molar-refractivity contribution < 1.29 is 13.2 Å². The van der Waals surface area contributed by atoms with Gasteiger partial charge in [0.1, 0.15) is 0 Å². The largest absolute Gasteiger partial charge is 0.204 e. The Morgan fingerprint density at radius 1 is 0.958 bits per heavy atom. The van der Waals surface area contributed by atoms with Gasteiger partial charge in [0.2, 0.25) is 0 Å². The van der Waals surface area contributed by atoms with E-state index in [0.717, 1.165) is 36.5 Å². The first-order valence-electron chi connectivity index (χ1n) is 8.42. The summed E-state index contributed by atoms with van der Waals surface area (Å²) in [4.78, 5) is 0. The molecule has 2 aromatic rings. The summed E-state index contributed by atoms with van der Waals surface area (Å²) >= 11 is 0. The molecule has 0 amide bonds. The fraction of sp³-hybridized carbons (Fsp3) is 0.333. The summed E-state index contributed by atoms with van der Waals surface area (Å²) in [5.41, 5.74) is 4.66. The van der Waals surface area contributed by atoms with Gasteiger partial charge in [-0.15, -0.1) is 0 Å². The molecule has 0 aromatic heterocycles. The fourth-order valence-corrected chi connectivity index (χ4v) is 3.56. The van der Waals surface area contributed by atoms with Gasteiger partial charge in [0, 0.05) is 5.56 Å². The molecule has 1 unspecified atom stereocenters. The third-order valence-corrected chi connectivity index (χ3v) is 5.03. The second kappa shape index (κ2) is 6.84. The number of halogens is 3. The van der Waals surface area contributed by atoms with Crippen LogP contribution in [0.25, 0.3) is 5.57 Å². The molecule has 0 aliphatic heterocycles. The molecule has 0 nitrogen and oxygen atoms in total. The molecule has 24 heavy (non-hydrogen) atoms. The molecule has 0 radical (unpaired) electrons. The average molecular weight is 330 g/mol. The zero-order valence-electron chi connectivity index (χ0n) is 14.0. The van der Waals surface area contributed by atoms with E-state index in [2.05, 4.69) is 31.2 Å². The van der Waals surface area contributed by atoms with Gasteiger partial charge in [0.15, 0.2) is 17.5 Å². The molecule has 0 saturated carbocycles. The summed E-state index contributed by atoms with van der Waals surface area (Å²) in [5.74, 6) is -3.20. The van der Waals surface area contributed by atoms with E-state index in [1.165, 1.54) is 17.2 Å². The Morgan fingerprint density at radius 3 is 2.29 bits per heavy atom. The second-order valence-corrected chi connectivity index (χ2v) is 6.52. The van der Waals surface area contributed by atoms with Crippen LogP contribution in [0.1, 0.15) is 55.7 Å². The molecule has 3 rings (SSSR count). The van der Waals surface area contributed by atoms with Crippen LogP contribution in [0.5, 0.6) is 0 Å². The van der Waals surface area contributed by atoms with Crippen molar-refractivity contribution in [2.75, 3.05) is 0 Å². The second-order valence-electron chi connectivity index (χ2n) is 6.52. The monoisotopic (exact) mass is 330 g/mol. The molecule has 0 saturated heterocycles.